The summed E-state index contributed by atoms with van der Waals surface area (Å²) in [5, 5.41) is 27.8. The van der Waals surface area contributed by atoms with Gasteiger partial charge in [0.1, 0.15) is 12.1 Å². The van der Waals surface area contributed by atoms with E-state index in [4.69, 9.17) is 10.4 Å². The maximum absolute atomic E-state index is 10.5. The third kappa shape index (κ3) is 1.55. The van der Waals surface area contributed by atoms with Crippen LogP contribution >= 0.6 is 0 Å². The highest BCUT2D eigenvalue weighted by atomic mass is 16.6. The minimum Gasteiger partial charge on any atom is -0.390 e. The molecule has 0 aliphatic carbocycles. The Morgan fingerprint density at radius 2 is 2.43 bits per heavy atom. The van der Waals surface area contributed by atoms with Gasteiger partial charge in [0.25, 0.3) is 0 Å². The second-order valence-electron chi connectivity index (χ2n) is 2.61. The lowest BCUT2D eigenvalue weighted by Gasteiger charge is -1.96. The lowest BCUT2D eigenvalue weighted by atomic mass is 10.4. The molecule has 0 saturated heterocycles. The Morgan fingerprint density at radius 3 is 2.79 bits per heavy atom. The largest absolute Gasteiger partial charge is 0.390 e. The Labute approximate surface area is 79.4 Å². The summed E-state index contributed by atoms with van der Waals surface area (Å²) in [6.45, 7) is -0.467. The van der Waals surface area contributed by atoms with Crippen molar-refractivity contribution in [3.8, 4) is 6.07 Å². The van der Waals surface area contributed by atoms with Gasteiger partial charge in [-0.15, -0.1) is 0 Å². The smallest absolute Gasteiger partial charge is 0.387 e. The first kappa shape index (κ1) is 10.1. The molecular weight excluding hydrogens is 188 g/mol. The maximum atomic E-state index is 10.5. The number of nitrogens with zero attached hydrogens (tertiary/aromatic N) is 4. The summed E-state index contributed by atoms with van der Waals surface area (Å²) in [5.41, 5.74) is 0.111. The minimum atomic E-state index is -0.674. The Hall–Kier alpha value is -1.94. The van der Waals surface area contributed by atoms with Crippen LogP contribution in [-0.2, 0) is 20.1 Å². The highest BCUT2D eigenvalue weighted by Gasteiger charge is 2.24. The highest BCUT2D eigenvalue weighted by molar-refractivity contribution is 5.30. The molecule has 1 rings (SSSR count). The average Bonchev–Trinajstić information content (AvgIpc) is 2.44. The first-order chi connectivity index (χ1) is 6.61. The van der Waals surface area contributed by atoms with Crippen LogP contribution < -0.4 is 0 Å². The molecule has 0 unspecified atom stereocenters. The zero-order valence-electron chi connectivity index (χ0n) is 7.47. The van der Waals surface area contributed by atoms with Gasteiger partial charge in [-0.25, -0.2) is 0 Å². The summed E-state index contributed by atoms with van der Waals surface area (Å²) in [6.07, 6.45) is -0.0165. The van der Waals surface area contributed by atoms with Gasteiger partial charge in [-0.2, -0.15) is 5.26 Å². The van der Waals surface area contributed by atoms with Crippen molar-refractivity contribution in [2.24, 2.45) is 7.05 Å². The third-order valence-electron chi connectivity index (χ3n) is 1.84. The van der Waals surface area contributed by atoms with Crippen LogP contribution in [0.3, 0.4) is 0 Å². The van der Waals surface area contributed by atoms with Crippen molar-refractivity contribution < 1.29 is 10.0 Å². The molecule has 1 N–H and O–H groups in total. The van der Waals surface area contributed by atoms with Crippen LogP contribution in [0.25, 0.3) is 0 Å². The SMILES string of the molecule is Cn1c(CC#N)nc([N+](=O)[O-])c1CO. The second-order valence-corrected chi connectivity index (χ2v) is 2.61. The van der Waals surface area contributed by atoms with E-state index in [1.165, 1.54) is 11.6 Å². The van der Waals surface area contributed by atoms with Crippen molar-refractivity contribution in [1.82, 2.24) is 9.55 Å². The maximum Gasteiger partial charge on any atom is 0.387 e. The number of aliphatic hydroxyl groups excluding tert-OH is 1. The molecule has 0 spiro atoms. The number of imidazole rings is 1. The average molecular weight is 196 g/mol. The van der Waals surface area contributed by atoms with Crippen LogP contribution in [0.1, 0.15) is 11.5 Å². The number of hydrogen-bond acceptors (Lipinski definition) is 5. The minimum absolute atomic E-state index is 0.0165. The van der Waals surface area contributed by atoms with Crippen molar-refractivity contribution in [1.29, 1.82) is 5.26 Å². The number of aromatic nitrogens is 2. The third-order valence-corrected chi connectivity index (χ3v) is 1.84. The number of hydrogen-bond donors (Lipinski definition) is 1. The van der Waals surface area contributed by atoms with E-state index in [2.05, 4.69) is 4.98 Å². The van der Waals surface area contributed by atoms with Gasteiger partial charge >= 0.3 is 5.82 Å². The van der Waals surface area contributed by atoms with Gasteiger partial charge in [0.05, 0.1) is 12.7 Å². The van der Waals surface area contributed by atoms with Crippen LogP contribution in [0, 0.1) is 21.4 Å². The number of aliphatic hydroxyl groups is 1. The summed E-state index contributed by atoms with van der Waals surface area (Å²) in [6, 6.07) is 1.84. The predicted molar refractivity (Wildman–Crippen MR) is 45.1 cm³/mol. The Kier molecular flexibility index (Phi) is 2.79. The van der Waals surface area contributed by atoms with Gasteiger partial charge in [0.15, 0.2) is 0 Å². The van der Waals surface area contributed by atoms with E-state index in [1.54, 1.807) is 0 Å². The molecule has 0 fully saturated rings. The van der Waals surface area contributed by atoms with Crippen molar-refractivity contribution in [3.63, 3.8) is 0 Å². The Morgan fingerprint density at radius 1 is 1.79 bits per heavy atom. The molecule has 1 heterocycles. The van der Waals surface area contributed by atoms with E-state index in [-0.39, 0.29) is 23.8 Å². The molecule has 0 saturated carbocycles. The lowest BCUT2D eigenvalue weighted by Crippen LogP contribution is -2.02. The predicted octanol–water partition coefficient (Wildman–Crippen LogP) is -0.113. The van der Waals surface area contributed by atoms with E-state index < -0.39 is 11.5 Å². The van der Waals surface area contributed by atoms with Crippen molar-refractivity contribution in [3.05, 3.63) is 21.6 Å². The second kappa shape index (κ2) is 3.85. The molecule has 74 valence electrons. The van der Waals surface area contributed by atoms with Crippen LogP contribution in [0.2, 0.25) is 0 Å². The number of nitriles is 1. The summed E-state index contributed by atoms with van der Waals surface area (Å²) in [5.74, 6) is -0.108. The van der Waals surface area contributed by atoms with Crippen LogP contribution in [0.4, 0.5) is 5.82 Å². The fourth-order valence-corrected chi connectivity index (χ4v) is 1.12. The lowest BCUT2D eigenvalue weighted by molar-refractivity contribution is -0.390. The molecule has 0 aliphatic heterocycles. The zero-order valence-corrected chi connectivity index (χ0v) is 7.47. The summed E-state index contributed by atoms with van der Waals surface area (Å²) in [4.78, 5) is 13.5. The van der Waals surface area contributed by atoms with Gasteiger partial charge in [0.2, 0.25) is 5.82 Å². The molecular formula is C7H8N4O3. The standard InChI is InChI=1S/C7H8N4O3/c1-10-5(4-12)7(11(13)14)9-6(10)2-3-8/h12H,2,4H2,1H3. The number of rotatable bonds is 3. The fourth-order valence-electron chi connectivity index (χ4n) is 1.12. The van der Waals surface area contributed by atoms with E-state index >= 15 is 0 Å². The van der Waals surface area contributed by atoms with E-state index in [1.807, 2.05) is 6.07 Å². The monoisotopic (exact) mass is 196 g/mol. The van der Waals surface area contributed by atoms with Crippen molar-refractivity contribution in [2.75, 3.05) is 0 Å². The van der Waals surface area contributed by atoms with Gasteiger partial charge in [-0.3, -0.25) is 0 Å². The molecule has 1 aromatic rings. The fraction of sp³-hybridized carbons (Fsp3) is 0.429. The Bertz CT molecular complexity index is 404. The van der Waals surface area contributed by atoms with Gasteiger partial charge in [-0.05, 0) is 9.91 Å². The molecule has 0 aromatic carbocycles. The summed E-state index contributed by atoms with van der Waals surface area (Å²) in [7, 11) is 1.53. The van der Waals surface area contributed by atoms with Gasteiger partial charge < -0.3 is 19.8 Å². The molecule has 0 bridgehead atoms. The van der Waals surface area contributed by atoms with Crippen LogP contribution in [-0.4, -0.2) is 19.6 Å². The Balaban J connectivity index is 3.26. The molecule has 0 atom stereocenters. The molecule has 1 aromatic heterocycles. The van der Waals surface area contributed by atoms with Crippen molar-refractivity contribution >= 4 is 5.82 Å². The molecule has 14 heavy (non-hydrogen) atoms. The molecule has 7 heteroatoms. The number of nitro groups is 1. The van der Waals surface area contributed by atoms with E-state index in [0.29, 0.717) is 0 Å². The molecule has 7 nitrogen and oxygen atoms in total. The summed E-state index contributed by atoms with van der Waals surface area (Å²) < 4.78 is 1.36. The topological polar surface area (TPSA) is 105 Å². The molecule has 0 amide bonds. The van der Waals surface area contributed by atoms with Gasteiger partial charge in [-0.1, -0.05) is 0 Å². The zero-order chi connectivity index (χ0) is 10.7. The van der Waals surface area contributed by atoms with Crippen LogP contribution in [0.5, 0.6) is 0 Å². The highest BCUT2D eigenvalue weighted by Crippen LogP contribution is 2.18. The van der Waals surface area contributed by atoms with Crippen molar-refractivity contribution in [2.45, 2.75) is 13.0 Å². The van der Waals surface area contributed by atoms with Crippen LogP contribution in [0.15, 0.2) is 0 Å². The summed E-state index contributed by atoms with van der Waals surface area (Å²) >= 11 is 0. The van der Waals surface area contributed by atoms with E-state index in [9.17, 15) is 10.1 Å². The molecule has 0 radical (unpaired) electrons. The first-order valence-corrected chi connectivity index (χ1v) is 3.78. The first-order valence-electron chi connectivity index (χ1n) is 3.78. The molecule has 0 aliphatic rings. The van der Waals surface area contributed by atoms with Gasteiger partial charge in [0, 0.05) is 7.05 Å². The quantitative estimate of drug-likeness (QED) is 0.536. The van der Waals surface area contributed by atoms with E-state index in [0.717, 1.165) is 0 Å². The normalized spacial score (nSPS) is 9.79.